The first kappa shape index (κ1) is 16.4. The molecule has 1 saturated heterocycles. The second kappa shape index (κ2) is 7.36. The third-order valence-electron chi connectivity index (χ3n) is 4.73. The summed E-state index contributed by atoms with van der Waals surface area (Å²) in [6, 6.07) is 10.8. The van der Waals surface area contributed by atoms with E-state index >= 15 is 0 Å². The van der Waals surface area contributed by atoms with Gasteiger partial charge in [0.2, 0.25) is 0 Å². The highest BCUT2D eigenvalue weighted by molar-refractivity contribution is 5.25. The van der Waals surface area contributed by atoms with Crippen molar-refractivity contribution in [3.8, 4) is 0 Å². The molecule has 4 nitrogen and oxygen atoms in total. The molecule has 0 saturated carbocycles. The zero-order valence-corrected chi connectivity index (χ0v) is 13.5. The van der Waals surface area contributed by atoms with Crippen molar-refractivity contribution in [3.63, 3.8) is 0 Å². The molecule has 2 rings (SSSR count). The van der Waals surface area contributed by atoms with E-state index in [9.17, 15) is 5.11 Å². The van der Waals surface area contributed by atoms with E-state index in [0.717, 1.165) is 31.7 Å². The normalized spacial score (nSPS) is 24.5. The van der Waals surface area contributed by atoms with Gasteiger partial charge in [-0.25, -0.2) is 0 Å². The van der Waals surface area contributed by atoms with Crippen LogP contribution in [0.5, 0.6) is 0 Å². The third kappa shape index (κ3) is 3.83. The maximum absolute atomic E-state index is 10.1. The fourth-order valence-corrected chi connectivity index (χ4v) is 3.30. The predicted molar refractivity (Wildman–Crippen MR) is 87.4 cm³/mol. The molecule has 4 heteroatoms. The van der Waals surface area contributed by atoms with Crippen molar-refractivity contribution in [2.75, 3.05) is 46.9 Å². The van der Waals surface area contributed by atoms with Gasteiger partial charge in [-0.2, -0.15) is 0 Å². The largest absolute Gasteiger partial charge is 0.394 e. The number of hydrogen-bond acceptors (Lipinski definition) is 4. The summed E-state index contributed by atoms with van der Waals surface area (Å²) in [6.07, 6.45) is 1.18. The first-order valence-corrected chi connectivity index (χ1v) is 7.89. The zero-order chi connectivity index (χ0) is 15.3. The number of benzene rings is 1. The van der Waals surface area contributed by atoms with Crippen LogP contribution in [0, 0.1) is 0 Å². The van der Waals surface area contributed by atoms with E-state index in [1.165, 1.54) is 6.42 Å². The second-order valence-corrected chi connectivity index (χ2v) is 6.29. The van der Waals surface area contributed by atoms with E-state index < -0.39 is 5.54 Å². The van der Waals surface area contributed by atoms with Gasteiger partial charge in [-0.05, 0) is 46.1 Å². The van der Waals surface area contributed by atoms with Gasteiger partial charge in [0.05, 0.1) is 12.1 Å². The number of likely N-dealkylation sites (N-methyl/N-ethyl adjacent to an activating group) is 2. The van der Waals surface area contributed by atoms with E-state index in [1.54, 1.807) is 0 Å². The molecule has 0 spiro atoms. The van der Waals surface area contributed by atoms with Crippen molar-refractivity contribution >= 4 is 0 Å². The Morgan fingerprint density at radius 2 is 2.00 bits per heavy atom. The Hall–Kier alpha value is -0.940. The maximum Gasteiger partial charge on any atom is 0.0795 e. The van der Waals surface area contributed by atoms with E-state index in [4.69, 9.17) is 0 Å². The smallest absolute Gasteiger partial charge is 0.0795 e. The van der Waals surface area contributed by atoms with Gasteiger partial charge in [0.25, 0.3) is 0 Å². The van der Waals surface area contributed by atoms with Gasteiger partial charge in [0.15, 0.2) is 0 Å². The van der Waals surface area contributed by atoms with Gasteiger partial charge in [-0.3, -0.25) is 4.90 Å². The minimum atomic E-state index is -0.390. The summed E-state index contributed by atoms with van der Waals surface area (Å²) in [5.41, 5.74) is 0.762. The van der Waals surface area contributed by atoms with Crippen molar-refractivity contribution in [1.82, 2.24) is 15.1 Å². The van der Waals surface area contributed by atoms with E-state index in [0.29, 0.717) is 6.04 Å². The Balaban J connectivity index is 2.19. The number of nitrogens with one attached hydrogen (secondary N) is 1. The molecule has 21 heavy (non-hydrogen) atoms. The molecule has 1 aromatic rings. The molecule has 1 aliphatic heterocycles. The number of aliphatic hydroxyl groups is 1. The number of rotatable bonds is 5. The van der Waals surface area contributed by atoms with Gasteiger partial charge in [0.1, 0.15) is 0 Å². The molecule has 2 N–H and O–H groups in total. The molecule has 0 amide bonds. The van der Waals surface area contributed by atoms with Crippen molar-refractivity contribution in [2.45, 2.75) is 24.9 Å². The highest BCUT2D eigenvalue weighted by Gasteiger charge is 2.34. The van der Waals surface area contributed by atoms with Gasteiger partial charge < -0.3 is 15.3 Å². The average Bonchev–Trinajstić information content (AvgIpc) is 2.66. The Bertz CT molecular complexity index is 419. The van der Waals surface area contributed by atoms with E-state index in [-0.39, 0.29) is 6.61 Å². The standard InChI is InChI=1S/C17H29N3O/c1-15-12-19(3)10-7-11-20(15)13-17(14-21,18-2)16-8-5-4-6-9-16/h4-6,8-9,15,18,21H,7,10-14H2,1-3H3. The molecule has 1 aromatic carbocycles. The lowest BCUT2D eigenvalue weighted by Crippen LogP contribution is -2.54. The van der Waals surface area contributed by atoms with Crippen LogP contribution in [0.15, 0.2) is 30.3 Å². The van der Waals surface area contributed by atoms with E-state index in [2.05, 4.69) is 41.2 Å². The van der Waals surface area contributed by atoms with Crippen LogP contribution in [0.3, 0.4) is 0 Å². The maximum atomic E-state index is 10.1. The Morgan fingerprint density at radius 3 is 2.62 bits per heavy atom. The van der Waals surface area contributed by atoms with Crippen molar-refractivity contribution in [2.24, 2.45) is 0 Å². The molecule has 1 aliphatic rings. The minimum absolute atomic E-state index is 0.104. The SMILES string of the molecule is CNC(CO)(CN1CCCN(C)CC1C)c1ccccc1. The van der Waals surface area contributed by atoms with Gasteiger partial charge >= 0.3 is 0 Å². The van der Waals surface area contributed by atoms with Gasteiger partial charge in [-0.15, -0.1) is 0 Å². The Morgan fingerprint density at radius 1 is 1.29 bits per heavy atom. The fourth-order valence-electron chi connectivity index (χ4n) is 3.30. The first-order valence-electron chi connectivity index (χ1n) is 7.89. The predicted octanol–water partition coefficient (Wildman–Crippen LogP) is 1.12. The molecular weight excluding hydrogens is 262 g/mol. The number of nitrogens with zero attached hydrogens (tertiary/aromatic N) is 2. The fraction of sp³-hybridized carbons (Fsp3) is 0.647. The van der Waals surface area contributed by atoms with Crippen molar-refractivity contribution < 1.29 is 5.11 Å². The Labute approximate surface area is 128 Å². The lowest BCUT2D eigenvalue weighted by atomic mass is 9.89. The lowest BCUT2D eigenvalue weighted by molar-refractivity contribution is 0.0925. The number of hydrogen-bond donors (Lipinski definition) is 2. The van der Waals surface area contributed by atoms with E-state index in [1.807, 2.05) is 25.2 Å². The van der Waals surface area contributed by atoms with Crippen LogP contribution in [-0.2, 0) is 5.54 Å². The summed E-state index contributed by atoms with van der Waals surface area (Å²) >= 11 is 0. The molecule has 0 aromatic heterocycles. The molecular formula is C17H29N3O. The average molecular weight is 291 g/mol. The summed E-state index contributed by atoms with van der Waals surface area (Å²) in [6.45, 7) is 6.54. The first-order chi connectivity index (χ1) is 10.1. The minimum Gasteiger partial charge on any atom is -0.394 e. The molecule has 0 aliphatic carbocycles. The van der Waals surface area contributed by atoms with Gasteiger partial charge in [0, 0.05) is 19.1 Å². The summed E-state index contributed by atoms with van der Waals surface area (Å²) in [5, 5.41) is 13.4. The van der Waals surface area contributed by atoms with Crippen LogP contribution in [0.1, 0.15) is 18.9 Å². The quantitative estimate of drug-likeness (QED) is 0.853. The molecule has 1 heterocycles. The molecule has 2 unspecified atom stereocenters. The molecule has 118 valence electrons. The second-order valence-electron chi connectivity index (χ2n) is 6.29. The van der Waals surface area contributed by atoms with Crippen LogP contribution in [0.2, 0.25) is 0 Å². The van der Waals surface area contributed by atoms with Gasteiger partial charge in [-0.1, -0.05) is 30.3 Å². The highest BCUT2D eigenvalue weighted by atomic mass is 16.3. The lowest BCUT2D eigenvalue weighted by Gasteiger charge is -2.39. The highest BCUT2D eigenvalue weighted by Crippen LogP contribution is 2.23. The number of aliphatic hydroxyl groups excluding tert-OH is 1. The van der Waals surface area contributed by atoms with Crippen LogP contribution >= 0.6 is 0 Å². The zero-order valence-electron chi connectivity index (χ0n) is 13.5. The summed E-state index contributed by atoms with van der Waals surface area (Å²) in [4.78, 5) is 4.90. The van der Waals surface area contributed by atoms with Crippen LogP contribution in [0.25, 0.3) is 0 Å². The molecule has 1 fully saturated rings. The van der Waals surface area contributed by atoms with Crippen LogP contribution < -0.4 is 5.32 Å². The van der Waals surface area contributed by atoms with Crippen molar-refractivity contribution in [1.29, 1.82) is 0 Å². The van der Waals surface area contributed by atoms with Crippen LogP contribution in [0.4, 0.5) is 0 Å². The molecule has 0 radical (unpaired) electrons. The summed E-state index contributed by atoms with van der Waals surface area (Å²) in [5.74, 6) is 0. The van der Waals surface area contributed by atoms with Crippen molar-refractivity contribution in [3.05, 3.63) is 35.9 Å². The summed E-state index contributed by atoms with van der Waals surface area (Å²) in [7, 11) is 4.13. The molecule has 0 bridgehead atoms. The monoisotopic (exact) mass is 291 g/mol. The van der Waals surface area contributed by atoms with Crippen LogP contribution in [-0.4, -0.2) is 67.8 Å². The third-order valence-corrected chi connectivity index (χ3v) is 4.73. The molecule has 2 atom stereocenters. The topological polar surface area (TPSA) is 38.7 Å². The Kier molecular flexibility index (Phi) is 5.76. The summed E-state index contributed by atoms with van der Waals surface area (Å²) < 4.78 is 0.